The first-order valence-corrected chi connectivity index (χ1v) is 14.0. The van der Waals surface area contributed by atoms with Crippen LogP contribution in [0.3, 0.4) is 0 Å². The summed E-state index contributed by atoms with van der Waals surface area (Å²) < 4.78 is 0. The molecule has 38 heavy (non-hydrogen) atoms. The summed E-state index contributed by atoms with van der Waals surface area (Å²) in [5.74, 6) is 0.976. The molecule has 1 saturated carbocycles. The van der Waals surface area contributed by atoms with Crippen LogP contribution in [0.5, 0.6) is 0 Å². The van der Waals surface area contributed by atoms with Crippen molar-refractivity contribution < 1.29 is 0 Å². The molecule has 0 aromatic heterocycles. The van der Waals surface area contributed by atoms with Crippen molar-refractivity contribution in [3.63, 3.8) is 0 Å². The summed E-state index contributed by atoms with van der Waals surface area (Å²) in [7, 11) is 1.89. The molecule has 0 atom stereocenters. The largest absolute Gasteiger partial charge is 0.365 e. The highest BCUT2D eigenvalue weighted by Gasteiger charge is 2.43. The van der Waals surface area contributed by atoms with E-state index in [2.05, 4.69) is 81.5 Å². The lowest BCUT2D eigenvalue weighted by Crippen LogP contribution is -2.50. The van der Waals surface area contributed by atoms with Crippen molar-refractivity contribution in [3.05, 3.63) is 53.4 Å². The van der Waals surface area contributed by atoms with Crippen LogP contribution in [0.25, 0.3) is 10.8 Å². The summed E-state index contributed by atoms with van der Waals surface area (Å²) >= 11 is 5.56. The Morgan fingerprint density at radius 3 is 2.58 bits per heavy atom. The summed E-state index contributed by atoms with van der Waals surface area (Å²) in [5, 5.41) is 19.2. The minimum Gasteiger partial charge on any atom is -0.365 e. The van der Waals surface area contributed by atoms with Crippen LogP contribution < -0.4 is 15.5 Å². The van der Waals surface area contributed by atoms with Crippen molar-refractivity contribution in [2.24, 2.45) is 9.98 Å². The Balaban J connectivity index is 1.25. The highest BCUT2D eigenvalue weighted by molar-refractivity contribution is 7.80. The molecule has 0 amide bonds. The molecular weight excluding hydrogens is 490 g/mol. The van der Waals surface area contributed by atoms with Crippen LogP contribution in [0.2, 0.25) is 0 Å². The van der Waals surface area contributed by atoms with Crippen LogP contribution in [0.1, 0.15) is 44.1 Å². The molecule has 2 N–H and O–H groups in total. The predicted octanol–water partition coefficient (Wildman–Crippen LogP) is 4.72. The van der Waals surface area contributed by atoms with Gasteiger partial charge in [-0.2, -0.15) is 5.26 Å². The fourth-order valence-corrected chi connectivity index (χ4v) is 6.28. The molecule has 2 aliphatic heterocycles. The van der Waals surface area contributed by atoms with Gasteiger partial charge in [0.25, 0.3) is 0 Å². The minimum absolute atomic E-state index is 0.0978. The fraction of sp³-hybridized carbons (Fsp3) is 0.467. The van der Waals surface area contributed by atoms with E-state index in [4.69, 9.17) is 22.5 Å². The molecular formula is C30H37N7S. The van der Waals surface area contributed by atoms with E-state index in [0.29, 0.717) is 17.6 Å². The third-order valence-corrected chi connectivity index (χ3v) is 8.44. The van der Waals surface area contributed by atoms with E-state index in [1.807, 2.05) is 7.05 Å². The van der Waals surface area contributed by atoms with Gasteiger partial charge in [0.2, 0.25) is 0 Å². The summed E-state index contributed by atoms with van der Waals surface area (Å²) in [5.41, 5.74) is 4.77. The van der Waals surface area contributed by atoms with Crippen molar-refractivity contribution in [2.45, 2.75) is 57.0 Å². The lowest BCUT2D eigenvalue weighted by atomic mass is 9.97. The second-order valence-corrected chi connectivity index (χ2v) is 11.1. The summed E-state index contributed by atoms with van der Waals surface area (Å²) in [6.45, 7) is 9.61. The summed E-state index contributed by atoms with van der Waals surface area (Å²) in [6, 6.07) is 15.7. The average Bonchev–Trinajstić information content (AvgIpc) is 3.68. The fourth-order valence-electron chi connectivity index (χ4n) is 5.90. The summed E-state index contributed by atoms with van der Waals surface area (Å²) in [6.07, 6.45) is 5.37. The van der Waals surface area contributed by atoms with Gasteiger partial charge >= 0.3 is 0 Å². The average molecular weight is 528 g/mol. The number of nitriles is 1. The minimum atomic E-state index is -0.0978. The maximum absolute atomic E-state index is 9.06. The molecule has 2 saturated heterocycles. The Morgan fingerprint density at radius 2 is 1.92 bits per heavy atom. The molecule has 8 heteroatoms. The second kappa shape index (κ2) is 11.1. The van der Waals surface area contributed by atoms with Gasteiger partial charge in [0.1, 0.15) is 5.82 Å². The number of hydrogen-bond donors (Lipinski definition) is 2. The number of aryl methyl sites for hydroxylation is 1. The van der Waals surface area contributed by atoms with Gasteiger partial charge in [-0.3, -0.25) is 4.99 Å². The zero-order valence-corrected chi connectivity index (χ0v) is 23.3. The standard InChI is InChI=1S/C30H37N7S/c1-21-6-4-7-22-8-5-9-26(27(21)22)37-19-12-24(25(20-37)32-2)28(33-3)36-17-10-23(11-18-36)34-29(38)35-30(13-14-30)15-16-31/h4-9,23H,3,10-15,17-20H2,1-2H3,(H2,34,35,38)/b28-24+,32-25?. The first-order chi connectivity index (χ1) is 18.5. The molecule has 0 spiro atoms. The Hall–Kier alpha value is -3.44. The van der Waals surface area contributed by atoms with E-state index in [9.17, 15) is 0 Å². The third kappa shape index (κ3) is 5.39. The lowest BCUT2D eigenvalue weighted by Gasteiger charge is -2.38. The molecule has 2 heterocycles. The maximum Gasteiger partial charge on any atom is 0.166 e. The van der Waals surface area contributed by atoms with E-state index in [0.717, 1.165) is 69.8 Å². The van der Waals surface area contributed by atoms with E-state index < -0.39 is 0 Å². The number of nitrogens with zero attached hydrogens (tertiary/aromatic N) is 5. The Morgan fingerprint density at radius 1 is 1.18 bits per heavy atom. The van der Waals surface area contributed by atoms with Crippen LogP contribution in [-0.4, -0.2) is 67.2 Å². The van der Waals surface area contributed by atoms with E-state index in [-0.39, 0.29) is 5.54 Å². The van der Waals surface area contributed by atoms with Crippen molar-refractivity contribution in [3.8, 4) is 6.07 Å². The smallest absolute Gasteiger partial charge is 0.166 e. The van der Waals surface area contributed by atoms with Crippen LogP contribution in [0.4, 0.5) is 5.69 Å². The van der Waals surface area contributed by atoms with Gasteiger partial charge in [-0.25, -0.2) is 4.99 Å². The topological polar surface area (TPSA) is 79.1 Å². The van der Waals surface area contributed by atoms with E-state index >= 15 is 0 Å². The quantitative estimate of drug-likeness (QED) is 0.418. The third-order valence-electron chi connectivity index (χ3n) is 8.22. The molecule has 3 fully saturated rings. The number of fused-ring (bicyclic) bond motifs is 1. The number of likely N-dealkylation sites (tertiary alicyclic amines) is 1. The first-order valence-electron chi connectivity index (χ1n) is 13.6. The molecule has 7 nitrogen and oxygen atoms in total. The number of benzene rings is 2. The van der Waals surface area contributed by atoms with Gasteiger partial charge in [0, 0.05) is 49.4 Å². The van der Waals surface area contributed by atoms with Crippen molar-refractivity contribution in [2.75, 3.05) is 38.1 Å². The van der Waals surface area contributed by atoms with Gasteiger partial charge in [-0.15, -0.1) is 0 Å². The van der Waals surface area contributed by atoms with E-state index in [1.165, 1.54) is 27.6 Å². The van der Waals surface area contributed by atoms with Gasteiger partial charge < -0.3 is 20.4 Å². The van der Waals surface area contributed by atoms with Gasteiger partial charge in [-0.1, -0.05) is 30.3 Å². The van der Waals surface area contributed by atoms with Crippen LogP contribution >= 0.6 is 12.2 Å². The SMILES string of the molecule is C=N/C(=C1/CCN(c2cccc3cccc(C)c23)CC1=NC)N1CCC(NC(=S)NC2(CC#N)CC2)CC1. The Labute approximate surface area is 231 Å². The molecule has 198 valence electrons. The normalized spacial score (nSPS) is 21.7. The molecule has 0 unspecified atom stereocenters. The van der Waals surface area contributed by atoms with Crippen molar-refractivity contribution in [1.82, 2.24) is 15.5 Å². The Kier molecular flexibility index (Phi) is 7.66. The number of anilines is 1. The molecule has 5 rings (SSSR count). The van der Waals surface area contributed by atoms with Gasteiger partial charge in [0.15, 0.2) is 5.11 Å². The molecule has 2 aromatic carbocycles. The molecule has 0 bridgehead atoms. The van der Waals surface area contributed by atoms with Crippen LogP contribution in [-0.2, 0) is 0 Å². The predicted molar refractivity (Wildman–Crippen MR) is 161 cm³/mol. The zero-order chi connectivity index (χ0) is 26.7. The van der Waals surface area contributed by atoms with Crippen molar-refractivity contribution >= 4 is 46.2 Å². The second-order valence-electron chi connectivity index (χ2n) is 10.7. The number of hydrogen-bond acceptors (Lipinski definition) is 6. The van der Waals surface area contributed by atoms with Crippen molar-refractivity contribution in [1.29, 1.82) is 5.26 Å². The molecule has 3 aliphatic rings. The highest BCUT2D eigenvalue weighted by atomic mass is 32.1. The van der Waals surface area contributed by atoms with Gasteiger partial charge in [-0.05, 0) is 75.0 Å². The summed E-state index contributed by atoms with van der Waals surface area (Å²) in [4.78, 5) is 14.1. The molecule has 1 aliphatic carbocycles. The highest BCUT2D eigenvalue weighted by Crippen LogP contribution is 2.38. The van der Waals surface area contributed by atoms with Crippen LogP contribution in [0, 0.1) is 18.3 Å². The number of thiocarbonyl (C=S) groups is 1. The molecule has 0 radical (unpaired) electrons. The zero-order valence-electron chi connectivity index (χ0n) is 22.5. The monoisotopic (exact) mass is 527 g/mol. The number of aliphatic imine (C=N–C) groups is 2. The van der Waals surface area contributed by atoms with Gasteiger partial charge in [0.05, 0.1) is 30.3 Å². The van der Waals surface area contributed by atoms with Crippen LogP contribution in [0.15, 0.2) is 57.8 Å². The van der Waals surface area contributed by atoms with E-state index in [1.54, 1.807) is 0 Å². The number of piperidine rings is 2. The lowest BCUT2D eigenvalue weighted by molar-refractivity contribution is 0.250. The number of rotatable bonds is 6. The number of nitrogens with one attached hydrogen (secondary N) is 2. The molecule has 2 aromatic rings. The Bertz CT molecular complexity index is 1320. The maximum atomic E-state index is 9.06. The first kappa shape index (κ1) is 26.2.